The van der Waals surface area contributed by atoms with Crippen LogP contribution in [0.3, 0.4) is 0 Å². The molecule has 4 rings (SSSR count). The molecule has 0 saturated carbocycles. The number of amides is 1. The second kappa shape index (κ2) is 7.16. The highest BCUT2D eigenvalue weighted by molar-refractivity contribution is 9.10. The molecule has 0 radical (unpaired) electrons. The van der Waals surface area contributed by atoms with Crippen molar-refractivity contribution in [2.75, 3.05) is 5.32 Å². The lowest BCUT2D eigenvalue weighted by atomic mass is 10.1. The van der Waals surface area contributed by atoms with Crippen LogP contribution in [0.4, 0.5) is 10.1 Å². The number of hydrogen-bond donors (Lipinski definition) is 1. The van der Waals surface area contributed by atoms with Crippen molar-refractivity contribution in [3.63, 3.8) is 0 Å². The van der Waals surface area contributed by atoms with Gasteiger partial charge in [-0.1, -0.05) is 12.1 Å². The maximum absolute atomic E-state index is 14.1. The summed E-state index contributed by atoms with van der Waals surface area (Å²) in [5.41, 5.74) is 1.01. The molecule has 2 aromatic carbocycles. The minimum Gasteiger partial charge on any atom is -0.459 e. The van der Waals surface area contributed by atoms with Gasteiger partial charge in [-0.2, -0.15) is 0 Å². The first-order valence-electron chi connectivity index (χ1n) is 7.85. The van der Waals surface area contributed by atoms with Crippen molar-refractivity contribution in [3.05, 3.63) is 76.7 Å². The van der Waals surface area contributed by atoms with Crippen molar-refractivity contribution in [2.24, 2.45) is 0 Å². The Labute approximate surface area is 161 Å². The van der Waals surface area contributed by atoms with Crippen LogP contribution in [0.25, 0.3) is 23.1 Å². The molecule has 0 fully saturated rings. The molecular weight excluding hydrogens is 417 g/mol. The van der Waals surface area contributed by atoms with Crippen LogP contribution in [-0.4, -0.2) is 16.1 Å². The molecule has 0 saturated heterocycles. The summed E-state index contributed by atoms with van der Waals surface area (Å²) in [6.07, 6.45) is 1.51. The summed E-state index contributed by atoms with van der Waals surface area (Å²) in [6.45, 7) is 0. The monoisotopic (exact) mass is 427 g/mol. The first-order valence-corrected chi connectivity index (χ1v) is 8.64. The molecule has 2 heterocycles. The second-order valence-electron chi connectivity index (χ2n) is 5.53. The SMILES string of the molecule is O=C(Nc1cccc(-c2nnc(-c3ccco3)o2)c1)c1cccc(Br)c1F. The minimum atomic E-state index is -0.619. The van der Waals surface area contributed by atoms with E-state index in [0.717, 1.165) is 0 Å². The van der Waals surface area contributed by atoms with Crippen LogP contribution in [0.2, 0.25) is 0 Å². The van der Waals surface area contributed by atoms with Crippen molar-refractivity contribution in [1.82, 2.24) is 10.2 Å². The number of rotatable bonds is 4. The first kappa shape index (κ1) is 17.2. The number of halogens is 2. The summed E-state index contributed by atoms with van der Waals surface area (Å²) in [4.78, 5) is 12.4. The van der Waals surface area contributed by atoms with Gasteiger partial charge in [0.1, 0.15) is 5.82 Å². The molecule has 2 aromatic heterocycles. The second-order valence-corrected chi connectivity index (χ2v) is 6.38. The highest BCUT2D eigenvalue weighted by Gasteiger charge is 2.16. The van der Waals surface area contributed by atoms with Crippen LogP contribution in [-0.2, 0) is 0 Å². The van der Waals surface area contributed by atoms with Crippen molar-refractivity contribution in [1.29, 1.82) is 0 Å². The molecule has 0 aliphatic rings. The zero-order chi connectivity index (χ0) is 18.8. The Kier molecular flexibility index (Phi) is 4.55. The zero-order valence-electron chi connectivity index (χ0n) is 13.6. The Bertz CT molecular complexity index is 1110. The molecule has 134 valence electrons. The van der Waals surface area contributed by atoms with Gasteiger partial charge >= 0.3 is 0 Å². The van der Waals surface area contributed by atoms with Crippen LogP contribution in [0.5, 0.6) is 0 Å². The molecule has 27 heavy (non-hydrogen) atoms. The van der Waals surface area contributed by atoms with Gasteiger partial charge in [0, 0.05) is 11.3 Å². The number of carbonyl (C=O) groups is 1. The Morgan fingerprint density at radius 1 is 1.04 bits per heavy atom. The minimum absolute atomic E-state index is 0.0623. The Morgan fingerprint density at radius 2 is 1.85 bits per heavy atom. The molecule has 1 N–H and O–H groups in total. The van der Waals surface area contributed by atoms with E-state index in [-0.39, 0.29) is 21.8 Å². The van der Waals surface area contributed by atoms with E-state index in [0.29, 0.717) is 17.0 Å². The van der Waals surface area contributed by atoms with Crippen LogP contribution in [0.15, 0.2) is 74.2 Å². The molecule has 0 atom stereocenters. The zero-order valence-corrected chi connectivity index (χ0v) is 15.2. The number of anilines is 1. The van der Waals surface area contributed by atoms with Gasteiger partial charge in [-0.3, -0.25) is 4.79 Å². The van der Waals surface area contributed by atoms with Gasteiger partial charge in [-0.25, -0.2) is 4.39 Å². The number of furan rings is 1. The number of carbonyl (C=O) groups excluding carboxylic acids is 1. The molecule has 0 aliphatic carbocycles. The van der Waals surface area contributed by atoms with Gasteiger partial charge in [-0.15, -0.1) is 10.2 Å². The summed E-state index contributed by atoms with van der Waals surface area (Å²) < 4.78 is 25.1. The maximum atomic E-state index is 14.1. The molecule has 8 heteroatoms. The predicted molar refractivity (Wildman–Crippen MR) is 99.5 cm³/mol. The lowest BCUT2D eigenvalue weighted by Gasteiger charge is -2.07. The third kappa shape index (κ3) is 3.52. The number of nitrogens with zero attached hydrogens (tertiary/aromatic N) is 2. The van der Waals surface area contributed by atoms with Gasteiger partial charge in [0.25, 0.3) is 11.8 Å². The van der Waals surface area contributed by atoms with E-state index < -0.39 is 11.7 Å². The fraction of sp³-hybridized carbons (Fsp3) is 0. The van der Waals surface area contributed by atoms with Crippen molar-refractivity contribution in [3.8, 4) is 23.1 Å². The quantitative estimate of drug-likeness (QED) is 0.486. The van der Waals surface area contributed by atoms with E-state index in [1.165, 1.54) is 18.4 Å². The van der Waals surface area contributed by atoms with Crippen molar-refractivity contribution >= 4 is 27.5 Å². The fourth-order valence-electron chi connectivity index (χ4n) is 2.45. The molecule has 0 aliphatic heterocycles. The third-order valence-corrected chi connectivity index (χ3v) is 4.33. The number of hydrogen-bond acceptors (Lipinski definition) is 5. The number of benzene rings is 2. The van der Waals surface area contributed by atoms with E-state index in [2.05, 4.69) is 31.4 Å². The molecule has 6 nitrogen and oxygen atoms in total. The standard InChI is InChI=1S/C19H11BrFN3O3/c20-14-7-2-6-13(16(14)21)17(25)22-12-5-1-4-11(10-12)18-23-24-19(27-18)15-8-3-9-26-15/h1-10H,(H,22,25). The van der Waals surface area contributed by atoms with E-state index >= 15 is 0 Å². The first-order chi connectivity index (χ1) is 13.1. The van der Waals surface area contributed by atoms with E-state index in [1.54, 1.807) is 42.5 Å². The Balaban J connectivity index is 1.58. The van der Waals surface area contributed by atoms with E-state index in [1.807, 2.05) is 0 Å². The highest BCUT2D eigenvalue weighted by atomic mass is 79.9. The summed E-state index contributed by atoms with van der Waals surface area (Å²) in [7, 11) is 0. The van der Waals surface area contributed by atoms with Crippen molar-refractivity contribution in [2.45, 2.75) is 0 Å². The molecule has 0 spiro atoms. The highest BCUT2D eigenvalue weighted by Crippen LogP contribution is 2.26. The third-order valence-electron chi connectivity index (χ3n) is 3.72. The average molecular weight is 428 g/mol. The van der Waals surface area contributed by atoms with Gasteiger partial charge < -0.3 is 14.2 Å². The van der Waals surface area contributed by atoms with Gasteiger partial charge in [-0.05, 0) is 58.4 Å². The molecule has 0 bridgehead atoms. The molecule has 0 unspecified atom stereocenters. The number of aromatic nitrogens is 2. The average Bonchev–Trinajstić information content (AvgIpc) is 3.35. The van der Waals surface area contributed by atoms with E-state index in [4.69, 9.17) is 8.83 Å². The van der Waals surface area contributed by atoms with Crippen LogP contribution >= 0.6 is 15.9 Å². The molecule has 4 aromatic rings. The normalized spacial score (nSPS) is 10.7. The van der Waals surface area contributed by atoms with Gasteiger partial charge in [0.05, 0.1) is 16.3 Å². The lowest BCUT2D eigenvalue weighted by molar-refractivity contribution is 0.102. The van der Waals surface area contributed by atoms with Crippen LogP contribution in [0, 0.1) is 5.82 Å². The molecular formula is C19H11BrFN3O3. The molecule has 1 amide bonds. The predicted octanol–water partition coefficient (Wildman–Crippen LogP) is 5.15. The summed E-state index contributed by atoms with van der Waals surface area (Å²) in [5, 5.41) is 10.6. The largest absolute Gasteiger partial charge is 0.459 e. The number of nitrogens with one attached hydrogen (secondary N) is 1. The topological polar surface area (TPSA) is 81.2 Å². The van der Waals surface area contributed by atoms with Crippen molar-refractivity contribution < 1.29 is 18.0 Å². The Hall–Kier alpha value is -3.26. The summed E-state index contributed by atoms with van der Waals surface area (Å²) in [5.74, 6) is -0.200. The maximum Gasteiger partial charge on any atom is 0.283 e. The van der Waals surface area contributed by atoms with Gasteiger partial charge in [0.15, 0.2) is 5.76 Å². The van der Waals surface area contributed by atoms with Gasteiger partial charge in [0.2, 0.25) is 5.89 Å². The van der Waals surface area contributed by atoms with E-state index in [9.17, 15) is 9.18 Å². The van der Waals surface area contributed by atoms with Crippen LogP contribution in [0.1, 0.15) is 10.4 Å². The van der Waals surface area contributed by atoms with Crippen LogP contribution < -0.4 is 5.32 Å². The smallest absolute Gasteiger partial charge is 0.283 e. The Morgan fingerprint density at radius 3 is 2.67 bits per heavy atom. The fourth-order valence-corrected chi connectivity index (χ4v) is 2.81. The summed E-state index contributed by atoms with van der Waals surface area (Å²) >= 11 is 3.07. The summed E-state index contributed by atoms with van der Waals surface area (Å²) in [6, 6.07) is 14.8. The lowest BCUT2D eigenvalue weighted by Crippen LogP contribution is -2.14.